The SMILES string of the molecule is COc1cccc(N2CCN(C(=O)c3ccc(NS(=O)(=O)c4cccc5cccnc45)c(O)c3)CC2)c1. The van der Waals surface area contributed by atoms with Gasteiger partial charge in [-0.1, -0.05) is 24.3 Å². The van der Waals surface area contributed by atoms with Gasteiger partial charge in [-0.25, -0.2) is 8.42 Å². The van der Waals surface area contributed by atoms with E-state index in [1.165, 1.54) is 30.5 Å². The van der Waals surface area contributed by atoms with Crippen LogP contribution in [0.4, 0.5) is 11.4 Å². The first-order valence-electron chi connectivity index (χ1n) is 11.7. The van der Waals surface area contributed by atoms with Crippen LogP contribution in [0.3, 0.4) is 0 Å². The zero-order valence-corrected chi connectivity index (χ0v) is 21.0. The summed E-state index contributed by atoms with van der Waals surface area (Å²) in [6.07, 6.45) is 1.52. The van der Waals surface area contributed by atoms with Crippen LogP contribution in [0.2, 0.25) is 0 Å². The fourth-order valence-electron chi connectivity index (χ4n) is 4.40. The van der Waals surface area contributed by atoms with Gasteiger partial charge >= 0.3 is 0 Å². The number of benzene rings is 3. The highest BCUT2D eigenvalue weighted by Crippen LogP contribution is 2.30. The molecule has 3 aromatic carbocycles. The van der Waals surface area contributed by atoms with Crippen LogP contribution in [0.25, 0.3) is 10.9 Å². The van der Waals surface area contributed by atoms with E-state index in [0.29, 0.717) is 37.1 Å². The minimum absolute atomic E-state index is 0.000870. The number of nitrogens with zero attached hydrogens (tertiary/aromatic N) is 3. The maximum absolute atomic E-state index is 13.1. The first kappa shape index (κ1) is 24.4. The van der Waals surface area contributed by atoms with Crippen LogP contribution in [0.15, 0.2) is 83.9 Å². The van der Waals surface area contributed by atoms with Crippen molar-refractivity contribution in [3.05, 3.63) is 84.6 Å². The van der Waals surface area contributed by atoms with Crippen LogP contribution in [0.5, 0.6) is 11.5 Å². The zero-order valence-electron chi connectivity index (χ0n) is 20.2. The van der Waals surface area contributed by atoms with Gasteiger partial charge in [0.1, 0.15) is 16.4 Å². The van der Waals surface area contributed by atoms with E-state index >= 15 is 0 Å². The van der Waals surface area contributed by atoms with Crippen LogP contribution >= 0.6 is 0 Å². The van der Waals surface area contributed by atoms with Crippen molar-refractivity contribution in [1.82, 2.24) is 9.88 Å². The summed E-state index contributed by atoms with van der Waals surface area (Å²) in [6.45, 7) is 2.34. The van der Waals surface area contributed by atoms with Crippen molar-refractivity contribution >= 4 is 38.2 Å². The summed E-state index contributed by atoms with van der Waals surface area (Å²) in [5.41, 5.74) is 1.62. The summed E-state index contributed by atoms with van der Waals surface area (Å²) in [5.74, 6) is 0.213. The summed E-state index contributed by atoms with van der Waals surface area (Å²) in [4.78, 5) is 21.2. The molecule has 2 N–H and O–H groups in total. The van der Waals surface area contributed by atoms with Gasteiger partial charge in [-0.3, -0.25) is 14.5 Å². The standard InChI is InChI=1S/C27H26N4O5S/c1-36-22-8-3-7-21(18-22)30-13-15-31(16-14-30)27(33)20-10-11-23(24(32)17-20)29-37(34,35)25-9-2-5-19-6-4-12-28-26(19)25/h2-12,17-18,29,32H,13-16H2,1H3. The number of nitrogens with one attached hydrogen (secondary N) is 1. The number of phenols is 1. The molecule has 0 unspecified atom stereocenters. The lowest BCUT2D eigenvalue weighted by atomic mass is 10.1. The van der Waals surface area contributed by atoms with Crippen LogP contribution < -0.4 is 14.4 Å². The quantitative estimate of drug-likeness (QED) is 0.374. The minimum atomic E-state index is -4.04. The van der Waals surface area contributed by atoms with E-state index in [-0.39, 0.29) is 27.8 Å². The smallest absolute Gasteiger partial charge is 0.264 e. The largest absolute Gasteiger partial charge is 0.506 e. The number of aromatic nitrogens is 1. The van der Waals surface area contributed by atoms with Gasteiger partial charge in [0.15, 0.2) is 0 Å². The van der Waals surface area contributed by atoms with Crippen LogP contribution in [-0.4, -0.2) is 62.6 Å². The van der Waals surface area contributed by atoms with Crippen molar-refractivity contribution in [3.8, 4) is 11.5 Å². The lowest BCUT2D eigenvalue weighted by Crippen LogP contribution is -2.48. The van der Waals surface area contributed by atoms with E-state index in [1.54, 1.807) is 36.3 Å². The lowest BCUT2D eigenvalue weighted by Gasteiger charge is -2.36. The fraction of sp³-hybridized carbons (Fsp3) is 0.185. The number of anilines is 2. The number of ether oxygens (including phenoxy) is 1. The summed E-state index contributed by atoms with van der Waals surface area (Å²) < 4.78 is 33.9. The van der Waals surface area contributed by atoms with E-state index in [2.05, 4.69) is 14.6 Å². The maximum atomic E-state index is 13.1. The topological polar surface area (TPSA) is 112 Å². The maximum Gasteiger partial charge on any atom is 0.264 e. The van der Waals surface area contributed by atoms with Gasteiger partial charge < -0.3 is 19.6 Å². The molecule has 1 aliphatic heterocycles. The first-order chi connectivity index (χ1) is 17.9. The van der Waals surface area contributed by atoms with Gasteiger partial charge in [-0.05, 0) is 42.5 Å². The molecule has 10 heteroatoms. The highest BCUT2D eigenvalue weighted by atomic mass is 32.2. The number of phenolic OH excluding ortho intramolecular Hbond substituents is 1. The summed E-state index contributed by atoms with van der Waals surface area (Å²) in [7, 11) is -2.41. The van der Waals surface area contributed by atoms with Crippen molar-refractivity contribution < 1.29 is 23.1 Å². The Labute approximate surface area is 215 Å². The number of hydrogen-bond donors (Lipinski definition) is 2. The van der Waals surface area contributed by atoms with E-state index in [9.17, 15) is 18.3 Å². The monoisotopic (exact) mass is 518 g/mol. The molecule has 5 rings (SSSR count). The Morgan fingerprint density at radius 3 is 2.49 bits per heavy atom. The highest BCUT2D eigenvalue weighted by Gasteiger charge is 2.24. The van der Waals surface area contributed by atoms with Crippen molar-refractivity contribution in [2.24, 2.45) is 0 Å². The number of methoxy groups -OCH3 is 1. The van der Waals surface area contributed by atoms with Crippen LogP contribution in [0, 0.1) is 0 Å². The first-order valence-corrected chi connectivity index (χ1v) is 13.2. The Morgan fingerprint density at radius 2 is 1.73 bits per heavy atom. The lowest BCUT2D eigenvalue weighted by molar-refractivity contribution is 0.0746. The number of rotatable bonds is 6. The molecule has 37 heavy (non-hydrogen) atoms. The average molecular weight is 519 g/mol. The van der Waals surface area contributed by atoms with E-state index < -0.39 is 10.0 Å². The third-order valence-electron chi connectivity index (χ3n) is 6.36. The molecule has 0 saturated carbocycles. The third kappa shape index (κ3) is 5.01. The zero-order chi connectivity index (χ0) is 26.0. The van der Waals surface area contributed by atoms with Crippen molar-refractivity contribution in [3.63, 3.8) is 0 Å². The third-order valence-corrected chi connectivity index (χ3v) is 7.76. The number of pyridine rings is 1. The number of hydrogen-bond acceptors (Lipinski definition) is 7. The molecular weight excluding hydrogens is 492 g/mol. The molecule has 190 valence electrons. The molecule has 4 aromatic rings. The summed E-state index contributed by atoms with van der Waals surface area (Å²) in [5, 5.41) is 11.3. The number of aromatic hydroxyl groups is 1. The van der Waals surface area contributed by atoms with E-state index in [4.69, 9.17) is 4.74 Å². The molecule has 0 aliphatic carbocycles. The number of carbonyl (C=O) groups excluding carboxylic acids is 1. The van der Waals surface area contributed by atoms with E-state index in [0.717, 1.165) is 11.4 Å². The number of amides is 1. The van der Waals surface area contributed by atoms with Gasteiger partial charge in [0.2, 0.25) is 0 Å². The highest BCUT2D eigenvalue weighted by molar-refractivity contribution is 7.93. The molecule has 1 aliphatic rings. The number of para-hydroxylation sites is 1. The second kappa shape index (κ2) is 9.98. The Bertz CT molecular complexity index is 1560. The van der Waals surface area contributed by atoms with Crippen molar-refractivity contribution in [1.29, 1.82) is 0 Å². The van der Waals surface area contributed by atoms with Crippen molar-refractivity contribution in [2.75, 3.05) is 42.9 Å². The number of fused-ring (bicyclic) bond motifs is 1. The molecular formula is C27H26N4O5S. The minimum Gasteiger partial charge on any atom is -0.506 e. The predicted octanol–water partition coefficient (Wildman–Crippen LogP) is 3.71. The fourth-order valence-corrected chi connectivity index (χ4v) is 5.66. The summed E-state index contributed by atoms with van der Waals surface area (Å²) in [6, 6.07) is 20.3. The molecule has 0 bridgehead atoms. The van der Waals surface area contributed by atoms with Gasteiger partial charge in [-0.15, -0.1) is 0 Å². The number of sulfonamides is 1. The molecule has 1 amide bonds. The van der Waals surface area contributed by atoms with Crippen molar-refractivity contribution in [2.45, 2.75) is 4.90 Å². The van der Waals surface area contributed by atoms with E-state index in [1.807, 2.05) is 24.3 Å². The Hall–Kier alpha value is -4.31. The molecule has 1 saturated heterocycles. The predicted molar refractivity (Wildman–Crippen MR) is 142 cm³/mol. The normalized spacial score (nSPS) is 14.0. The summed E-state index contributed by atoms with van der Waals surface area (Å²) >= 11 is 0. The number of carbonyl (C=O) groups is 1. The Kier molecular flexibility index (Phi) is 6.58. The average Bonchev–Trinajstić information content (AvgIpc) is 2.93. The van der Waals surface area contributed by atoms with Gasteiger partial charge in [-0.2, -0.15) is 0 Å². The van der Waals surface area contributed by atoms with Crippen LogP contribution in [-0.2, 0) is 10.0 Å². The molecule has 0 atom stereocenters. The molecule has 9 nitrogen and oxygen atoms in total. The van der Waals surface area contributed by atoms with Crippen LogP contribution in [0.1, 0.15) is 10.4 Å². The van der Waals surface area contributed by atoms with Gasteiger partial charge in [0.05, 0.1) is 18.3 Å². The second-order valence-electron chi connectivity index (χ2n) is 8.65. The van der Waals surface area contributed by atoms with Gasteiger partial charge in [0.25, 0.3) is 15.9 Å². The van der Waals surface area contributed by atoms with Gasteiger partial charge in [0, 0.05) is 55.1 Å². The second-order valence-corrected chi connectivity index (χ2v) is 10.3. The number of piperazine rings is 1. The molecule has 2 heterocycles. The Balaban J connectivity index is 1.28. The molecule has 1 aromatic heterocycles. The molecule has 0 spiro atoms. The molecule has 0 radical (unpaired) electrons. The molecule has 1 fully saturated rings. The Morgan fingerprint density at radius 1 is 0.973 bits per heavy atom.